The highest BCUT2D eigenvalue weighted by Crippen LogP contribution is 2.41. The summed E-state index contributed by atoms with van der Waals surface area (Å²) in [5, 5.41) is 0. The van der Waals surface area contributed by atoms with Gasteiger partial charge >= 0.3 is 6.18 Å². The molecule has 0 amide bonds. The number of alkyl halides is 3. The third-order valence-corrected chi connectivity index (χ3v) is 4.52. The van der Waals surface area contributed by atoms with Crippen molar-refractivity contribution in [1.29, 1.82) is 0 Å². The molecule has 0 aliphatic heterocycles. The van der Waals surface area contributed by atoms with Crippen molar-refractivity contribution in [3.63, 3.8) is 0 Å². The first-order chi connectivity index (χ1) is 8.41. The summed E-state index contributed by atoms with van der Waals surface area (Å²) >= 11 is 6.59. The summed E-state index contributed by atoms with van der Waals surface area (Å²) in [4.78, 5) is 0. The van der Waals surface area contributed by atoms with Gasteiger partial charge in [-0.05, 0) is 55.1 Å². The zero-order chi connectivity index (χ0) is 13.3. The van der Waals surface area contributed by atoms with Crippen LogP contribution in [0.15, 0.2) is 51.4 Å². The zero-order valence-electron chi connectivity index (χ0n) is 8.93. The average molecular weight is 380 g/mol. The Kier molecular flexibility index (Phi) is 3.82. The van der Waals surface area contributed by atoms with E-state index in [1.807, 2.05) is 0 Å². The second-order valence-corrected chi connectivity index (χ2v) is 5.29. The SMILES string of the molecule is FC(F)(F)c1ccccc1-c1cccc(Br)c1Br. The van der Waals surface area contributed by atoms with Crippen molar-refractivity contribution in [1.82, 2.24) is 0 Å². The summed E-state index contributed by atoms with van der Waals surface area (Å²) in [6, 6.07) is 10.7. The van der Waals surface area contributed by atoms with Crippen LogP contribution in [-0.2, 0) is 6.18 Å². The highest BCUT2D eigenvalue weighted by atomic mass is 79.9. The molecule has 0 unspecified atom stereocenters. The fraction of sp³-hybridized carbons (Fsp3) is 0.0769. The standard InChI is InChI=1S/C13H7Br2F3/c14-11-7-3-5-9(12(11)15)8-4-1-2-6-10(8)13(16,17)18/h1-7H. The lowest BCUT2D eigenvalue weighted by Crippen LogP contribution is -2.07. The van der Waals surface area contributed by atoms with Gasteiger partial charge in [-0.3, -0.25) is 0 Å². The second-order valence-electron chi connectivity index (χ2n) is 3.64. The van der Waals surface area contributed by atoms with Crippen LogP contribution in [0.25, 0.3) is 11.1 Å². The van der Waals surface area contributed by atoms with Gasteiger partial charge in [0.1, 0.15) is 0 Å². The number of benzene rings is 2. The summed E-state index contributed by atoms with van der Waals surface area (Å²) in [5.41, 5.74) is 0.0410. The number of rotatable bonds is 1. The lowest BCUT2D eigenvalue weighted by atomic mass is 9.99. The molecule has 0 aliphatic rings. The van der Waals surface area contributed by atoms with Crippen molar-refractivity contribution in [2.24, 2.45) is 0 Å². The molecule has 0 N–H and O–H groups in total. The molecule has 0 nitrogen and oxygen atoms in total. The van der Waals surface area contributed by atoms with Crippen molar-refractivity contribution < 1.29 is 13.2 Å². The summed E-state index contributed by atoms with van der Waals surface area (Å²) in [7, 11) is 0. The fourth-order valence-corrected chi connectivity index (χ4v) is 2.52. The molecule has 0 aliphatic carbocycles. The molecule has 94 valence electrons. The Morgan fingerprint density at radius 1 is 0.778 bits per heavy atom. The molecule has 0 aromatic heterocycles. The molecule has 0 heterocycles. The Balaban J connectivity index is 2.69. The molecule has 0 bridgehead atoms. The molecule has 2 aromatic carbocycles. The lowest BCUT2D eigenvalue weighted by molar-refractivity contribution is -0.137. The van der Waals surface area contributed by atoms with E-state index in [1.54, 1.807) is 24.3 Å². The van der Waals surface area contributed by atoms with Gasteiger partial charge in [-0.2, -0.15) is 13.2 Å². The van der Waals surface area contributed by atoms with Crippen LogP contribution in [-0.4, -0.2) is 0 Å². The summed E-state index contributed by atoms with van der Waals surface area (Å²) in [6.45, 7) is 0. The average Bonchev–Trinajstić information content (AvgIpc) is 2.32. The topological polar surface area (TPSA) is 0 Å². The van der Waals surface area contributed by atoms with Crippen molar-refractivity contribution in [2.45, 2.75) is 6.18 Å². The van der Waals surface area contributed by atoms with Gasteiger partial charge in [0.25, 0.3) is 0 Å². The molecule has 18 heavy (non-hydrogen) atoms. The normalized spacial score (nSPS) is 11.6. The van der Waals surface area contributed by atoms with Gasteiger partial charge in [0.05, 0.1) is 5.56 Å². The molecule has 0 fully saturated rings. The quantitative estimate of drug-likeness (QED) is 0.578. The Hall–Kier alpha value is -0.810. The molecule has 0 saturated carbocycles. The molecule has 0 saturated heterocycles. The predicted octanol–water partition coefficient (Wildman–Crippen LogP) is 5.90. The first-order valence-electron chi connectivity index (χ1n) is 5.02. The van der Waals surface area contributed by atoms with Crippen LogP contribution in [0.5, 0.6) is 0 Å². The molecule has 0 spiro atoms. The fourth-order valence-electron chi connectivity index (χ4n) is 1.68. The van der Waals surface area contributed by atoms with Crippen molar-refractivity contribution in [2.75, 3.05) is 0 Å². The molecular weight excluding hydrogens is 373 g/mol. The van der Waals surface area contributed by atoms with E-state index in [9.17, 15) is 13.2 Å². The maximum Gasteiger partial charge on any atom is 0.417 e. The molecule has 2 rings (SSSR count). The van der Waals surface area contributed by atoms with Gasteiger partial charge in [-0.15, -0.1) is 0 Å². The van der Waals surface area contributed by atoms with Gasteiger partial charge < -0.3 is 0 Å². The second kappa shape index (κ2) is 5.05. The van der Waals surface area contributed by atoms with Crippen LogP contribution in [0.4, 0.5) is 13.2 Å². The van der Waals surface area contributed by atoms with E-state index in [1.165, 1.54) is 12.1 Å². The Morgan fingerprint density at radius 3 is 2.06 bits per heavy atom. The molecule has 0 atom stereocenters. The zero-order valence-corrected chi connectivity index (χ0v) is 12.1. The molecule has 5 heteroatoms. The van der Waals surface area contributed by atoms with Gasteiger partial charge in [-0.1, -0.05) is 30.3 Å². The van der Waals surface area contributed by atoms with Crippen LogP contribution in [0.1, 0.15) is 5.56 Å². The van der Waals surface area contributed by atoms with E-state index in [-0.39, 0.29) is 5.56 Å². The van der Waals surface area contributed by atoms with Gasteiger partial charge in [0.2, 0.25) is 0 Å². The van der Waals surface area contributed by atoms with Crippen molar-refractivity contribution in [3.05, 3.63) is 57.0 Å². The van der Waals surface area contributed by atoms with Gasteiger partial charge in [-0.25, -0.2) is 0 Å². The van der Waals surface area contributed by atoms with E-state index in [4.69, 9.17) is 0 Å². The van der Waals surface area contributed by atoms with E-state index in [0.717, 1.165) is 10.5 Å². The van der Waals surface area contributed by atoms with Crippen LogP contribution >= 0.6 is 31.9 Å². The minimum absolute atomic E-state index is 0.165. The summed E-state index contributed by atoms with van der Waals surface area (Å²) < 4.78 is 40.1. The van der Waals surface area contributed by atoms with Crippen LogP contribution in [0, 0.1) is 0 Å². The van der Waals surface area contributed by atoms with Crippen LogP contribution in [0.2, 0.25) is 0 Å². The number of halogens is 5. The molecular formula is C13H7Br2F3. The van der Waals surface area contributed by atoms with E-state index >= 15 is 0 Å². The maximum atomic E-state index is 12.9. The lowest BCUT2D eigenvalue weighted by Gasteiger charge is -2.14. The minimum atomic E-state index is -4.36. The van der Waals surface area contributed by atoms with E-state index < -0.39 is 11.7 Å². The monoisotopic (exact) mass is 378 g/mol. The summed E-state index contributed by atoms with van der Waals surface area (Å²) in [5.74, 6) is 0. The number of hydrogen-bond donors (Lipinski definition) is 0. The highest BCUT2D eigenvalue weighted by Gasteiger charge is 2.33. The number of hydrogen-bond acceptors (Lipinski definition) is 0. The van der Waals surface area contributed by atoms with Crippen LogP contribution < -0.4 is 0 Å². The first kappa shape index (κ1) is 13.6. The maximum absolute atomic E-state index is 12.9. The Morgan fingerprint density at radius 2 is 1.39 bits per heavy atom. The van der Waals surface area contributed by atoms with Gasteiger partial charge in [0, 0.05) is 8.95 Å². The Labute approximate surface area is 119 Å². The van der Waals surface area contributed by atoms with Crippen molar-refractivity contribution >= 4 is 31.9 Å². The smallest absolute Gasteiger partial charge is 0.166 e. The van der Waals surface area contributed by atoms with E-state index in [2.05, 4.69) is 31.9 Å². The van der Waals surface area contributed by atoms with E-state index in [0.29, 0.717) is 10.0 Å². The first-order valence-corrected chi connectivity index (χ1v) is 6.60. The third kappa shape index (κ3) is 2.62. The van der Waals surface area contributed by atoms with Crippen LogP contribution in [0.3, 0.4) is 0 Å². The largest absolute Gasteiger partial charge is 0.417 e. The summed E-state index contributed by atoms with van der Waals surface area (Å²) in [6.07, 6.45) is -4.36. The van der Waals surface area contributed by atoms with Gasteiger partial charge in [0.15, 0.2) is 0 Å². The predicted molar refractivity (Wildman–Crippen MR) is 72.3 cm³/mol. The van der Waals surface area contributed by atoms with Crippen molar-refractivity contribution in [3.8, 4) is 11.1 Å². The minimum Gasteiger partial charge on any atom is -0.166 e. The molecule has 2 aromatic rings. The molecule has 0 radical (unpaired) electrons. The highest BCUT2D eigenvalue weighted by molar-refractivity contribution is 9.13. The third-order valence-electron chi connectivity index (χ3n) is 2.47. The Bertz CT molecular complexity index is 577.